The van der Waals surface area contributed by atoms with Crippen LogP contribution in [0.1, 0.15) is 38.7 Å². The van der Waals surface area contributed by atoms with Gasteiger partial charge in [0.2, 0.25) is 0 Å². The number of halogens is 2. The van der Waals surface area contributed by atoms with Crippen LogP contribution >= 0.6 is 0 Å². The Balaban J connectivity index is 1.53. The van der Waals surface area contributed by atoms with E-state index in [0.29, 0.717) is 31.1 Å². The number of rotatable bonds is 5. The molecule has 0 radical (unpaired) electrons. The molecule has 3 rings (SSSR count). The molecule has 1 aromatic rings. The SMILES string of the molecule is CC1=CCC=C(OCC[C@@H]2CO[C@@](C)(c3ccc(F)cc3F)C2)C=C1. The number of hydrogen-bond donors (Lipinski definition) is 0. The average molecular weight is 346 g/mol. The number of hydrogen-bond acceptors (Lipinski definition) is 2. The zero-order valence-corrected chi connectivity index (χ0v) is 14.7. The van der Waals surface area contributed by atoms with Crippen molar-refractivity contribution in [2.75, 3.05) is 13.2 Å². The molecule has 0 N–H and O–H groups in total. The summed E-state index contributed by atoms with van der Waals surface area (Å²) >= 11 is 0. The molecule has 0 bridgehead atoms. The van der Waals surface area contributed by atoms with Crippen LogP contribution in [0, 0.1) is 17.6 Å². The predicted molar refractivity (Wildman–Crippen MR) is 93.9 cm³/mol. The van der Waals surface area contributed by atoms with Crippen molar-refractivity contribution < 1.29 is 18.3 Å². The number of benzene rings is 1. The summed E-state index contributed by atoms with van der Waals surface area (Å²) in [6.07, 6.45) is 10.7. The molecule has 0 saturated carbocycles. The third-order valence-corrected chi connectivity index (χ3v) is 4.88. The fourth-order valence-corrected chi connectivity index (χ4v) is 3.42. The Hall–Kier alpha value is -1.94. The monoisotopic (exact) mass is 346 g/mol. The molecule has 1 aliphatic heterocycles. The highest BCUT2D eigenvalue weighted by Crippen LogP contribution is 2.41. The normalized spacial score (nSPS) is 26.2. The van der Waals surface area contributed by atoms with Crippen LogP contribution in [-0.4, -0.2) is 13.2 Å². The van der Waals surface area contributed by atoms with Gasteiger partial charge in [-0.15, -0.1) is 0 Å². The molecule has 0 spiro atoms. The minimum atomic E-state index is -0.703. The molecular weight excluding hydrogens is 322 g/mol. The van der Waals surface area contributed by atoms with Crippen molar-refractivity contribution in [2.45, 2.75) is 38.7 Å². The van der Waals surface area contributed by atoms with Gasteiger partial charge in [-0.3, -0.25) is 0 Å². The van der Waals surface area contributed by atoms with Crippen molar-refractivity contribution in [1.82, 2.24) is 0 Å². The van der Waals surface area contributed by atoms with Crippen LogP contribution in [0.2, 0.25) is 0 Å². The zero-order valence-electron chi connectivity index (χ0n) is 14.7. The molecule has 1 fully saturated rings. The maximum Gasteiger partial charge on any atom is 0.132 e. The zero-order chi connectivity index (χ0) is 17.9. The van der Waals surface area contributed by atoms with Gasteiger partial charge in [0.05, 0.1) is 18.8 Å². The number of ether oxygens (including phenoxy) is 2. The standard InChI is InChI=1S/C21H24F2O2/c1-15-4-3-5-18(8-6-15)24-11-10-16-13-21(2,25-14-16)19-9-7-17(22)12-20(19)23/h4-9,12,16H,3,10-11,13-14H2,1-2H3/t16-,21+/m0/s1. The van der Waals surface area contributed by atoms with E-state index in [9.17, 15) is 8.78 Å². The van der Waals surface area contributed by atoms with Gasteiger partial charge in [0.15, 0.2) is 0 Å². The van der Waals surface area contributed by atoms with Crippen molar-refractivity contribution in [3.05, 3.63) is 71.0 Å². The summed E-state index contributed by atoms with van der Waals surface area (Å²) in [5.41, 5.74) is 0.953. The molecule has 1 heterocycles. The van der Waals surface area contributed by atoms with E-state index in [-0.39, 0.29) is 0 Å². The summed E-state index contributed by atoms with van der Waals surface area (Å²) in [7, 11) is 0. The summed E-state index contributed by atoms with van der Waals surface area (Å²) in [6.45, 7) is 5.10. The topological polar surface area (TPSA) is 18.5 Å². The molecule has 2 atom stereocenters. The summed E-state index contributed by atoms with van der Waals surface area (Å²) in [5, 5.41) is 0. The van der Waals surface area contributed by atoms with Gasteiger partial charge in [0.1, 0.15) is 17.4 Å². The molecule has 25 heavy (non-hydrogen) atoms. The second-order valence-corrected chi connectivity index (χ2v) is 7.00. The van der Waals surface area contributed by atoms with Gasteiger partial charge in [-0.1, -0.05) is 23.8 Å². The molecule has 1 aliphatic carbocycles. The first-order chi connectivity index (χ1) is 12.0. The Labute approximate surface area is 147 Å². The molecule has 1 saturated heterocycles. The van der Waals surface area contributed by atoms with Gasteiger partial charge in [0, 0.05) is 11.6 Å². The lowest BCUT2D eigenvalue weighted by atomic mass is 9.87. The van der Waals surface area contributed by atoms with Gasteiger partial charge in [-0.25, -0.2) is 8.78 Å². The summed E-state index contributed by atoms with van der Waals surface area (Å²) in [6, 6.07) is 3.69. The van der Waals surface area contributed by atoms with Gasteiger partial charge in [0.25, 0.3) is 0 Å². The van der Waals surface area contributed by atoms with Crippen LogP contribution in [0.5, 0.6) is 0 Å². The van der Waals surface area contributed by atoms with Crippen molar-refractivity contribution in [3.8, 4) is 0 Å². The largest absolute Gasteiger partial charge is 0.494 e. The van der Waals surface area contributed by atoms with Crippen molar-refractivity contribution in [2.24, 2.45) is 5.92 Å². The summed E-state index contributed by atoms with van der Waals surface area (Å²) < 4.78 is 38.9. The highest BCUT2D eigenvalue weighted by molar-refractivity contribution is 5.28. The predicted octanol–water partition coefficient (Wildman–Crippen LogP) is 5.41. The Kier molecular flexibility index (Phi) is 5.38. The fourth-order valence-electron chi connectivity index (χ4n) is 3.42. The van der Waals surface area contributed by atoms with E-state index in [1.807, 2.05) is 19.1 Å². The molecule has 0 amide bonds. The van der Waals surface area contributed by atoms with Crippen LogP contribution in [0.4, 0.5) is 8.78 Å². The third-order valence-electron chi connectivity index (χ3n) is 4.88. The van der Waals surface area contributed by atoms with Gasteiger partial charge >= 0.3 is 0 Å². The first-order valence-corrected chi connectivity index (χ1v) is 8.73. The van der Waals surface area contributed by atoms with Gasteiger partial charge in [-0.2, -0.15) is 0 Å². The molecule has 0 aromatic heterocycles. The Morgan fingerprint density at radius 2 is 2.08 bits per heavy atom. The minimum absolute atomic E-state index is 0.296. The van der Waals surface area contributed by atoms with Crippen LogP contribution in [0.15, 0.2) is 53.8 Å². The van der Waals surface area contributed by atoms with Crippen LogP contribution in [0.25, 0.3) is 0 Å². The van der Waals surface area contributed by atoms with E-state index in [4.69, 9.17) is 9.47 Å². The van der Waals surface area contributed by atoms with E-state index in [0.717, 1.165) is 24.7 Å². The maximum absolute atomic E-state index is 14.1. The van der Waals surface area contributed by atoms with Gasteiger partial charge in [-0.05, 0) is 57.2 Å². The molecule has 0 unspecified atom stereocenters. The lowest BCUT2D eigenvalue weighted by Gasteiger charge is -2.24. The first-order valence-electron chi connectivity index (χ1n) is 8.73. The Morgan fingerprint density at radius 3 is 2.88 bits per heavy atom. The van der Waals surface area contributed by atoms with Crippen LogP contribution in [-0.2, 0) is 15.1 Å². The molecule has 2 nitrogen and oxygen atoms in total. The van der Waals surface area contributed by atoms with E-state index >= 15 is 0 Å². The Bertz CT molecular complexity index is 721. The quantitative estimate of drug-likeness (QED) is 0.709. The molecular formula is C21H24F2O2. The highest BCUT2D eigenvalue weighted by Gasteiger charge is 2.39. The van der Waals surface area contributed by atoms with Crippen LogP contribution in [0.3, 0.4) is 0 Å². The third kappa shape index (κ3) is 4.37. The van der Waals surface area contributed by atoms with E-state index in [2.05, 4.69) is 19.1 Å². The average Bonchev–Trinajstić information content (AvgIpc) is 2.81. The van der Waals surface area contributed by atoms with Crippen molar-refractivity contribution >= 4 is 0 Å². The molecule has 2 aliphatic rings. The number of allylic oxidation sites excluding steroid dienone is 5. The smallest absolute Gasteiger partial charge is 0.132 e. The summed E-state index contributed by atoms with van der Waals surface area (Å²) in [5.74, 6) is 0.0716. The van der Waals surface area contributed by atoms with E-state index in [1.165, 1.54) is 17.7 Å². The van der Waals surface area contributed by atoms with Crippen molar-refractivity contribution in [3.63, 3.8) is 0 Å². The van der Waals surface area contributed by atoms with E-state index in [1.54, 1.807) is 0 Å². The van der Waals surface area contributed by atoms with E-state index < -0.39 is 17.2 Å². The molecule has 1 aromatic carbocycles. The lowest BCUT2D eigenvalue weighted by Crippen LogP contribution is -2.22. The second-order valence-electron chi connectivity index (χ2n) is 7.00. The second kappa shape index (κ2) is 7.52. The first kappa shape index (κ1) is 17.9. The van der Waals surface area contributed by atoms with Crippen molar-refractivity contribution in [1.29, 1.82) is 0 Å². The Morgan fingerprint density at radius 1 is 1.24 bits per heavy atom. The summed E-state index contributed by atoms with van der Waals surface area (Å²) in [4.78, 5) is 0. The minimum Gasteiger partial charge on any atom is -0.494 e. The maximum atomic E-state index is 14.1. The van der Waals surface area contributed by atoms with Gasteiger partial charge < -0.3 is 9.47 Å². The highest BCUT2D eigenvalue weighted by atomic mass is 19.1. The fraction of sp³-hybridized carbons (Fsp3) is 0.429. The van der Waals surface area contributed by atoms with Crippen LogP contribution < -0.4 is 0 Å². The lowest BCUT2D eigenvalue weighted by molar-refractivity contribution is 0.0123. The molecule has 4 heteroatoms. The molecule has 134 valence electrons.